The Kier molecular flexibility index (Phi) is 5.13. The third-order valence-corrected chi connectivity index (χ3v) is 5.62. The number of ether oxygens (including phenoxy) is 3. The quantitative estimate of drug-likeness (QED) is 0.758. The summed E-state index contributed by atoms with van der Waals surface area (Å²) in [4.78, 5) is 17.4. The van der Waals surface area contributed by atoms with Gasteiger partial charge in [-0.3, -0.25) is 0 Å². The van der Waals surface area contributed by atoms with Gasteiger partial charge in [-0.2, -0.15) is 0 Å². The number of fused-ring (bicyclic) bond motifs is 1. The maximum Gasteiger partial charge on any atom is 0.339 e. The molecule has 2 aromatic rings. The standard InChI is InChI=1S/C22H26N2O4/c1-23-8-10-24(11-9-23)17-6-4-15-12-20(28-22(25)18(15)14-17)16-5-7-19(26-2)21(13-16)27-3/h4-7,13-14,20H,8-12H2,1-3H3. The molecule has 1 saturated heterocycles. The number of hydrogen-bond acceptors (Lipinski definition) is 6. The van der Waals surface area contributed by atoms with Crippen LogP contribution in [0.1, 0.15) is 27.6 Å². The predicted molar refractivity (Wildman–Crippen MR) is 108 cm³/mol. The first kappa shape index (κ1) is 18.6. The lowest BCUT2D eigenvalue weighted by Crippen LogP contribution is -2.44. The molecule has 6 heteroatoms. The van der Waals surface area contributed by atoms with Gasteiger partial charge in [-0.25, -0.2) is 4.79 Å². The van der Waals surface area contributed by atoms with Crippen LogP contribution >= 0.6 is 0 Å². The normalized spacial score (nSPS) is 19.8. The molecule has 2 heterocycles. The monoisotopic (exact) mass is 382 g/mol. The molecule has 0 bridgehead atoms. The second-order valence-electron chi connectivity index (χ2n) is 7.34. The highest BCUT2D eigenvalue weighted by atomic mass is 16.5. The molecule has 1 atom stereocenters. The number of hydrogen-bond donors (Lipinski definition) is 0. The zero-order valence-electron chi connectivity index (χ0n) is 16.6. The molecular weight excluding hydrogens is 356 g/mol. The molecule has 2 aromatic carbocycles. The first-order valence-corrected chi connectivity index (χ1v) is 9.58. The lowest BCUT2D eigenvalue weighted by molar-refractivity contribution is 0.0252. The van der Waals surface area contributed by atoms with Gasteiger partial charge in [-0.15, -0.1) is 0 Å². The van der Waals surface area contributed by atoms with E-state index in [1.807, 2.05) is 24.3 Å². The van der Waals surface area contributed by atoms with Gasteiger partial charge in [-0.1, -0.05) is 12.1 Å². The van der Waals surface area contributed by atoms with Gasteiger partial charge in [0.2, 0.25) is 0 Å². The summed E-state index contributed by atoms with van der Waals surface area (Å²) in [6.45, 7) is 4.00. The second kappa shape index (κ2) is 7.72. The number of carbonyl (C=O) groups excluding carboxylic acids is 1. The van der Waals surface area contributed by atoms with Crippen LogP contribution in [0.3, 0.4) is 0 Å². The van der Waals surface area contributed by atoms with E-state index in [4.69, 9.17) is 14.2 Å². The van der Waals surface area contributed by atoms with E-state index in [1.54, 1.807) is 14.2 Å². The minimum atomic E-state index is -0.325. The third kappa shape index (κ3) is 3.52. The van der Waals surface area contributed by atoms with Crippen molar-refractivity contribution in [2.75, 3.05) is 52.3 Å². The number of nitrogens with zero attached hydrogens (tertiary/aromatic N) is 2. The third-order valence-electron chi connectivity index (χ3n) is 5.62. The van der Waals surface area contributed by atoms with Crippen LogP contribution in [0.25, 0.3) is 0 Å². The molecule has 0 aromatic heterocycles. The minimum absolute atomic E-state index is 0.267. The molecule has 2 aliphatic heterocycles. The molecule has 0 N–H and O–H groups in total. The zero-order valence-corrected chi connectivity index (χ0v) is 16.6. The second-order valence-corrected chi connectivity index (χ2v) is 7.34. The number of benzene rings is 2. The number of cyclic esters (lactones) is 1. The summed E-state index contributed by atoms with van der Waals surface area (Å²) >= 11 is 0. The first-order chi connectivity index (χ1) is 13.6. The van der Waals surface area contributed by atoms with E-state index in [2.05, 4.69) is 29.0 Å². The van der Waals surface area contributed by atoms with Crippen molar-refractivity contribution >= 4 is 11.7 Å². The molecule has 4 rings (SSSR count). The summed E-state index contributed by atoms with van der Waals surface area (Å²) in [6.07, 6.45) is 0.328. The van der Waals surface area contributed by atoms with Gasteiger partial charge < -0.3 is 24.0 Å². The van der Waals surface area contributed by atoms with E-state index < -0.39 is 0 Å². The first-order valence-electron chi connectivity index (χ1n) is 9.58. The largest absolute Gasteiger partial charge is 0.493 e. The fourth-order valence-corrected chi connectivity index (χ4v) is 3.87. The fraction of sp³-hybridized carbons (Fsp3) is 0.409. The number of methoxy groups -OCH3 is 2. The Labute approximate surface area is 165 Å². The van der Waals surface area contributed by atoms with Crippen LogP contribution < -0.4 is 14.4 Å². The highest BCUT2D eigenvalue weighted by Gasteiger charge is 2.29. The molecule has 0 spiro atoms. The number of piperazine rings is 1. The zero-order chi connectivity index (χ0) is 19.7. The van der Waals surface area contributed by atoms with Crippen LogP contribution in [0.2, 0.25) is 0 Å². The summed E-state index contributed by atoms with van der Waals surface area (Å²) in [5, 5.41) is 0. The maximum absolute atomic E-state index is 12.7. The van der Waals surface area contributed by atoms with E-state index in [9.17, 15) is 4.79 Å². The molecule has 1 unspecified atom stereocenters. The van der Waals surface area contributed by atoms with E-state index in [0.29, 0.717) is 23.5 Å². The molecule has 6 nitrogen and oxygen atoms in total. The number of carbonyl (C=O) groups is 1. The lowest BCUT2D eigenvalue weighted by atomic mass is 9.94. The summed E-state index contributed by atoms with van der Waals surface area (Å²) < 4.78 is 16.4. The van der Waals surface area contributed by atoms with Gasteiger partial charge in [0.15, 0.2) is 11.5 Å². The van der Waals surface area contributed by atoms with Gasteiger partial charge in [0, 0.05) is 38.3 Å². The van der Waals surface area contributed by atoms with Crippen molar-refractivity contribution in [1.82, 2.24) is 4.90 Å². The summed E-state index contributed by atoms with van der Waals surface area (Å²) in [6, 6.07) is 11.8. The molecule has 1 fully saturated rings. The highest BCUT2D eigenvalue weighted by Crippen LogP contribution is 2.36. The Balaban J connectivity index is 1.57. The molecule has 2 aliphatic rings. The maximum atomic E-state index is 12.7. The van der Waals surface area contributed by atoms with Crippen molar-refractivity contribution < 1.29 is 19.0 Å². The predicted octanol–water partition coefficient (Wildman–Crippen LogP) is 2.91. The fourth-order valence-electron chi connectivity index (χ4n) is 3.87. The highest BCUT2D eigenvalue weighted by molar-refractivity contribution is 5.93. The molecule has 0 aliphatic carbocycles. The van der Waals surface area contributed by atoms with E-state index in [0.717, 1.165) is 43.0 Å². The van der Waals surface area contributed by atoms with Crippen LogP contribution in [0.4, 0.5) is 5.69 Å². The Morgan fingerprint density at radius 2 is 1.71 bits per heavy atom. The van der Waals surface area contributed by atoms with E-state index in [-0.39, 0.29) is 12.1 Å². The minimum Gasteiger partial charge on any atom is -0.493 e. The Morgan fingerprint density at radius 3 is 2.43 bits per heavy atom. The van der Waals surface area contributed by atoms with Gasteiger partial charge in [0.05, 0.1) is 19.8 Å². The molecular formula is C22H26N2O4. The van der Waals surface area contributed by atoms with Crippen LogP contribution in [0.15, 0.2) is 36.4 Å². The van der Waals surface area contributed by atoms with Crippen molar-refractivity contribution in [3.63, 3.8) is 0 Å². The van der Waals surface area contributed by atoms with E-state index in [1.165, 1.54) is 0 Å². The topological polar surface area (TPSA) is 51.2 Å². The number of rotatable bonds is 4. The van der Waals surface area contributed by atoms with E-state index >= 15 is 0 Å². The average Bonchev–Trinajstić information content (AvgIpc) is 2.73. The Morgan fingerprint density at radius 1 is 0.964 bits per heavy atom. The van der Waals surface area contributed by atoms with Crippen LogP contribution in [-0.4, -0.2) is 58.3 Å². The van der Waals surface area contributed by atoms with Gasteiger partial charge in [-0.05, 0) is 42.4 Å². The Hall–Kier alpha value is -2.73. The summed E-state index contributed by atoms with van der Waals surface area (Å²) in [5.41, 5.74) is 3.69. The van der Waals surface area contributed by atoms with Gasteiger partial charge >= 0.3 is 5.97 Å². The number of anilines is 1. The van der Waals surface area contributed by atoms with Crippen LogP contribution in [0.5, 0.6) is 11.5 Å². The smallest absolute Gasteiger partial charge is 0.339 e. The summed E-state index contributed by atoms with van der Waals surface area (Å²) in [5.74, 6) is 1.02. The Bertz CT molecular complexity index is 875. The molecule has 0 amide bonds. The van der Waals surface area contributed by atoms with Gasteiger partial charge in [0.25, 0.3) is 0 Å². The lowest BCUT2D eigenvalue weighted by Gasteiger charge is -2.35. The van der Waals surface area contributed by atoms with Crippen molar-refractivity contribution in [2.45, 2.75) is 12.5 Å². The molecule has 0 radical (unpaired) electrons. The van der Waals surface area contributed by atoms with Crippen molar-refractivity contribution in [1.29, 1.82) is 0 Å². The van der Waals surface area contributed by atoms with Crippen LogP contribution in [-0.2, 0) is 11.2 Å². The number of likely N-dealkylation sites (N-methyl/N-ethyl adjacent to an activating group) is 1. The molecule has 0 saturated carbocycles. The number of esters is 1. The van der Waals surface area contributed by atoms with Gasteiger partial charge in [0.1, 0.15) is 6.10 Å². The SMILES string of the molecule is COc1ccc(C2Cc3ccc(N4CCN(C)CC4)cc3C(=O)O2)cc1OC. The van der Waals surface area contributed by atoms with Crippen molar-refractivity contribution in [3.05, 3.63) is 53.1 Å². The van der Waals surface area contributed by atoms with Crippen molar-refractivity contribution in [3.8, 4) is 11.5 Å². The molecule has 28 heavy (non-hydrogen) atoms. The van der Waals surface area contributed by atoms with Crippen molar-refractivity contribution in [2.24, 2.45) is 0 Å². The van der Waals surface area contributed by atoms with Crippen LogP contribution in [0, 0.1) is 0 Å². The molecule has 148 valence electrons. The average molecular weight is 382 g/mol. The summed E-state index contributed by atoms with van der Waals surface area (Å²) in [7, 11) is 5.34.